The first-order valence-electron chi connectivity index (χ1n) is 5.24. The highest BCUT2D eigenvalue weighted by molar-refractivity contribution is 5.64. The Morgan fingerprint density at radius 3 is 3.27 bits per heavy atom. The number of hydrogen-bond donors (Lipinski definition) is 0. The van der Waals surface area contributed by atoms with Gasteiger partial charge in [-0.05, 0) is 36.1 Å². The van der Waals surface area contributed by atoms with Gasteiger partial charge in [0.2, 0.25) is 0 Å². The molecule has 3 nitrogen and oxygen atoms in total. The highest BCUT2D eigenvalue weighted by atomic mass is 16.6. The predicted molar refractivity (Wildman–Crippen MR) is 57.1 cm³/mol. The van der Waals surface area contributed by atoms with Crippen LogP contribution in [0.25, 0.3) is 0 Å². The molecule has 0 fully saturated rings. The van der Waals surface area contributed by atoms with Crippen molar-refractivity contribution in [3.63, 3.8) is 0 Å². The summed E-state index contributed by atoms with van der Waals surface area (Å²) in [5.74, 6) is 1.39. The molecule has 0 unspecified atom stereocenters. The van der Waals surface area contributed by atoms with E-state index in [1.165, 1.54) is 11.1 Å². The summed E-state index contributed by atoms with van der Waals surface area (Å²) in [4.78, 5) is 5.39. The number of methoxy groups -OCH3 is 1. The zero-order chi connectivity index (χ0) is 10.3. The normalized spacial score (nSPS) is 26.7. The lowest BCUT2D eigenvalue weighted by atomic mass is 9.82. The van der Waals surface area contributed by atoms with Gasteiger partial charge in [0.05, 0.1) is 13.3 Å². The van der Waals surface area contributed by atoms with Crippen LogP contribution >= 0.6 is 0 Å². The molecule has 0 bridgehead atoms. The van der Waals surface area contributed by atoms with Crippen LogP contribution in [0.15, 0.2) is 23.4 Å². The molecule has 2 aliphatic rings. The van der Waals surface area contributed by atoms with E-state index in [1.807, 2.05) is 12.3 Å². The third-order valence-corrected chi connectivity index (χ3v) is 3.22. The number of ether oxygens (including phenoxy) is 1. The van der Waals surface area contributed by atoms with E-state index < -0.39 is 0 Å². The van der Waals surface area contributed by atoms with Crippen molar-refractivity contribution in [2.75, 3.05) is 7.11 Å². The molecule has 78 valence electrons. The molecule has 1 aromatic rings. The minimum Gasteiger partial charge on any atom is -0.497 e. The monoisotopic (exact) mass is 203 g/mol. The minimum atomic E-state index is 0.139. The average molecular weight is 203 g/mol. The fraction of sp³-hybridized carbons (Fsp3) is 0.417. The van der Waals surface area contributed by atoms with E-state index in [9.17, 15) is 0 Å². The van der Waals surface area contributed by atoms with Crippen molar-refractivity contribution in [3.05, 3.63) is 29.3 Å². The Kier molecular flexibility index (Phi) is 1.91. The average Bonchev–Trinajstić information content (AvgIpc) is 2.76. The van der Waals surface area contributed by atoms with E-state index >= 15 is 0 Å². The molecule has 0 radical (unpaired) electrons. The van der Waals surface area contributed by atoms with Gasteiger partial charge in [0.25, 0.3) is 0 Å². The van der Waals surface area contributed by atoms with Crippen molar-refractivity contribution >= 4 is 6.21 Å². The summed E-state index contributed by atoms with van der Waals surface area (Å²) in [5, 5.41) is 3.91. The molecule has 0 N–H and O–H groups in total. The van der Waals surface area contributed by atoms with Gasteiger partial charge < -0.3 is 9.57 Å². The molecule has 0 saturated carbocycles. The molecule has 3 heteroatoms. The Labute approximate surface area is 88.7 Å². The number of nitrogens with zero attached hydrogens (tertiary/aromatic N) is 1. The van der Waals surface area contributed by atoms with E-state index in [1.54, 1.807) is 7.11 Å². The number of oxime groups is 1. The summed E-state index contributed by atoms with van der Waals surface area (Å²) in [5.41, 5.74) is 2.60. The van der Waals surface area contributed by atoms with Crippen LogP contribution in [0.3, 0.4) is 0 Å². The van der Waals surface area contributed by atoms with Gasteiger partial charge >= 0.3 is 0 Å². The Bertz CT molecular complexity index is 414. The molecule has 1 aromatic carbocycles. The molecular formula is C12H13NO2. The van der Waals surface area contributed by atoms with E-state index in [4.69, 9.17) is 9.57 Å². The zero-order valence-corrected chi connectivity index (χ0v) is 8.64. The molecule has 1 aliphatic carbocycles. The van der Waals surface area contributed by atoms with Gasteiger partial charge in [-0.25, -0.2) is 0 Å². The van der Waals surface area contributed by atoms with Crippen LogP contribution in [0.2, 0.25) is 0 Å². The summed E-state index contributed by atoms with van der Waals surface area (Å²) < 4.78 is 5.22. The second-order valence-corrected chi connectivity index (χ2v) is 4.05. The van der Waals surface area contributed by atoms with Crippen LogP contribution in [0.4, 0.5) is 0 Å². The summed E-state index contributed by atoms with van der Waals surface area (Å²) in [6, 6.07) is 6.19. The number of benzene rings is 1. The van der Waals surface area contributed by atoms with Crippen molar-refractivity contribution in [2.24, 2.45) is 11.1 Å². The second-order valence-electron chi connectivity index (χ2n) is 4.05. The third-order valence-electron chi connectivity index (χ3n) is 3.22. The second kappa shape index (κ2) is 3.26. The quantitative estimate of drug-likeness (QED) is 0.701. The maximum absolute atomic E-state index is 5.39. The molecule has 0 spiro atoms. The standard InChI is InChI=1S/C12H13NO2/c1-14-10-4-5-11-8(6-10)2-3-9-7-13-15-12(9)11/h4-7,9,12H,2-3H2,1H3/t9-,12+/m1/s1. The molecule has 15 heavy (non-hydrogen) atoms. The maximum Gasteiger partial charge on any atom is 0.160 e. The first-order chi connectivity index (χ1) is 7.38. The molecular weight excluding hydrogens is 190 g/mol. The number of aryl methyl sites for hydroxylation is 1. The molecule has 0 aromatic heterocycles. The lowest BCUT2D eigenvalue weighted by molar-refractivity contribution is 0.0541. The van der Waals surface area contributed by atoms with Crippen molar-refractivity contribution in [1.29, 1.82) is 0 Å². The molecule has 1 aliphatic heterocycles. The molecule has 0 amide bonds. The van der Waals surface area contributed by atoms with Crippen molar-refractivity contribution < 1.29 is 9.57 Å². The predicted octanol–water partition coefficient (Wildman–Crippen LogP) is 2.31. The topological polar surface area (TPSA) is 30.8 Å². The number of rotatable bonds is 1. The SMILES string of the molecule is COc1ccc2c(c1)CC[C@@H]1C=NO[C@H]21. The summed E-state index contributed by atoms with van der Waals surface area (Å²) >= 11 is 0. The Morgan fingerprint density at radius 2 is 2.40 bits per heavy atom. The van der Waals surface area contributed by atoms with Gasteiger partial charge in [0, 0.05) is 5.92 Å². The minimum absolute atomic E-state index is 0.139. The molecule has 1 heterocycles. The summed E-state index contributed by atoms with van der Waals surface area (Å²) in [6.45, 7) is 0. The number of fused-ring (bicyclic) bond motifs is 3. The van der Waals surface area contributed by atoms with Gasteiger partial charge in [-0.2, -0.15) is 0 Å². The largest absolute Gasteiger partial charge is 0.497 e. The van der Waals surface area contributed by atoms with E-state index in [-0.39, 0.29) is 6.10 Å². The van der Waals surface area contributed by atoms with E-state index in [0.29, 0.717) is 5.92 Å². The van der Waals surface area contributed by atoms with E-state index in [2.05, 4.69) is 17.3 Å². The molecule has 2 atom stereocenters. The fourth-order valence-electron chi connectivity index (χ4n) is 2.37. The van der Waals surface area contributed by atoms with Crippen LogP contribution < -0.4 is 4.74 Å². The molecule has 0 saturated heterocycles. The Balaban J connectivity index is 2.01. The van der Waals surface area contributed by atoms with Gasteiger partial charge in [-0.3, -0.25) is 0 Å². The van der Waals surface area contributed by atoms with Crippen LogP contribution in [0.1, 0.15) is 23.7 Å². The first-order valence-corrected chi connectivity index (χ1v) is 5.24. The van der Waals surface area contributed by atoms with Gasteiger partial charge in [-0.1, -0.05) is 11.2 Å². The Hall–Kier alpha value is -1.51. The summed E-state index contributed by atoms with van der Waals surface area (Å²) in [6.07, 6.45) is 4.27. The Morgan fingerprint density at radius 1 is 1.47 bits per heavy atom. The maximum atomic E-state index is 5.39. The van der Waals surface area contributed by atoms with Gasteiger partial charge in [0.1, 0.15) is 5.75 Å². The number of hydrogen-bond acceptors (Lipinski definition) is 3. The molecule has 3 rings (SSSR count). The van der Waals surface area contributed by atoms with Gasteiger partial charge in [-0.15, -0.1) is 0 Å². The highest BCUT2D eigenvalue weighted by Gasteiger charge is 2.33. The smallest absolute Gasteiger partial charge is 0.160 e. The van der Waals surface area contributed by atoms with Crippen LogP contribution in [0, 0.1) is 5.92 Å². The van der Waals surface area contributed by atoms with Gasteiger partial charge in [0.15, 0.2) is 6.10 Å². The third kappa shape index (κ3) is 1.30. The first kappa shape index (κ1) is 8.77. The lowest BCUT2D eigenvalue weighted by Crippen LogP contribution is -2.18. The highest BCUT2D eigenvalue weighted by Crippen LogP contribution is 2.40. The van der Waals surface area contributed by atoms with Crippen LogP contribution in [-0.4, -0.2) is 13.3 Å². The summed E-state index contributed by atoms with van der Waals surface area (Å²) in [7, 11) is 1.70. The van der Waals surface area contributed by atoms with Crippen LogP contribution in [-0.2, 0) is 11.3 Å². The van der Waals surface area contributed by atoms with Crippen molar-refractivity contribution in [2.45, 2.75) is 18.9 Å². The van der Waals surface area contributed by atoms with E-state index in [0.717, 1.165) is 18.6 Å². The lowest BCUT2D eigenvalue weighted by Gasteiger charge is -2.25. The zero-order valence-electron chi connectivity index (χ0n) is 8.64. The van der Waals surface area contributed by atoms with Crippen LogP contribution in [0.5, 0.6) is 5.75 Å². The fourth-order valence-corrected chi connectivity index (χ4v) is 2.37. The van der Waals surface area contributed by atoms with Crippen molar-refractivity contribution in [1.82, 2.24) is 0 Å². The van der Waals surface area contributed by atoms with Crippen molar-refractivity contribution in [3.8, 4) is 5.75 Å².